The highest BCUT2D eigenvalue weighted by molar-refractivity contribution is 5.75. The first-order valence-corrected chi connectivity index (χ1v) is 8.66. The second-order valence-electron chi connectivity index (χ2n) is 7.33. The van der Waals surface area contributed by atoms with Gasteiger partial charge in [-0.2, -0.15) is 0 Å². The van der Waals surface area contributed by atoms with Crippen molar-refractivity contribution in [2.75, 3.05) is 20.2 Å². The lowest BCUT2D eigenvalue weighted by Gasteiger charge is -2.33. The molecule has 0 aromatic heterocycles. The fraction of sp³-hybridized carbons (Fsp3) is 0.579. The predicted octanol–water partition coefficient (Wildman–Crippen LogP) is 3.52. The lowest BCUT2D eigenvalue weighted by atomic mass is 9.98. The Balaban J connectivity index is 1.93. The number of carbonyl (C=O) groups excluding carboxylic acids is 2. The lowest BCUT2D eigenvalue weighted by Crippen LogP contribution is -2.45. The predicted molar refractivity (Wildman–Crippen MR) is 93.3 cm³/mol. The summed E-state index contributed by atoms with van der Waals surface area (Å²) in [7, 11) is 1.47. The molecule has 0 saturated carbocycles. The number of carbonyl (C=O) groups is 2. The average molecular weight is 367 g/mol. The van der Waals surface area contributed by atoms with Crippen LogP contribution in [0, 0.1) is 11.7 Å². The van der Waals surface area contributed by atoms with Crippen LogP contribution in [0.25, 0.3) is 0 Å². The van der Waals surface area contributed by atoms with E-state index in [1.54, 1.807) is 20.8 Å². The highest BCUT2D eigenvalue weighted by Gasteiger charge is 2.32. The minimum Gasteiger partial charge on any atom is -0.496 e. The van der Waals surface area contributed by atoms with Gasteiger partial charge in [-0.25, -0.2) is 9.18 Å². The molecule has 6 nitrogen and oxygen atoms in total. The molecular weight excluding hydrogens is 341 g/mol. The van der Waals surface area contributed by atoms with Crippen LogP contribution in [0.15, 0.2) is 18.2 Å². The van der Waals surface area contributed by atoms with Gasteiger partial charge in [0.1, 0.15) is 23.8 Å². The fourth-order valence-electron chi connectivity index (χ4n) is 2.79. The summed E-state index contributed by atoms with van der Waals surface area (Å²) in [5.41, 5.74) is -0.126. The molecule has 0 aliphatic carbocycles. The molecule has 1 fully saturated rings. The number of piperidine rings is 1. The van der Waals surface area contributed by atoms with Gasteiger partial charge in [-0.05, 0) is 51.8 Å². The Kier molecular flexibility index (Phi) is 6.45. The van der Waals surface area contributed by atoms with Crippen LogP contribution in [-0.2, 0) is 20.9 Å². The molecule has 1 aromatic carbocycles. The maximum Gasteiger partial charge on any atom is 0.410 e. The second-order valence-corrected chi connectivity index (χ2v) is 7.33. The van der Waals surface area contributed by atoms with Crippen LogP contribution in [0.3, 0.4) is 0 Å². The van der Waals surface area contributed by atoms with Gasteiger partial charge in [-0.1, -0.05) is 0 Å². The summed E-state index contributed by atoms with van der Waals surface area (Å²) in [6.07, 6.45) is 0.905. The molecule has 0 radical (unpaired) electrons. The zero-order valence-electron chi connectivity index (χ0n) is 15.7. The summed E-state index contributed by atoms with van der Waals surface area (Å²) in [6, 6.07) is 4.05. The molecule has 144 valence electrons. The van der Waals surface area contributed by atoms with E-state index >= 15 is 0 Å². The maximum absolute atomic E-state index is 13.4. The van der Waals surface area contributed by atoms with Crippen molar-refractivity contribution in [2.24, 2.45) is 5.92 Å². The van der Waals surface area contributed by atoms with Crippen LogP contribution in [0.4, 0.5) is 9.18 Å². The van der Waals surface area contributed by atoms with E-state index in [0.717, 1.165) is 0 Å². The topological polar surface area (TPSA) is 65.1 Å². The molecule has 1 aliphatic heterocycles. The van der Waals surface area contributed by atoms with Crippen molar-refractivity contribution in [3.05, 3.63) is 29.6 Å². The molecule has 0 spiro atoms. The van der Waals surface area contributed by atoms with E-state index in [4.69, 9.17) is 14.2 Å². The third-order valence-electron chi connectivity index (χ3n) is 4.02. The van der Waals surface area contributed by atoms with Gasteiger partial charge in [-0.3, -0.25) is 4.79 Å². The van der Waals surface area contributed by atoms with Crippen LogP contribution in [-0.4, -0.2) is 42.8 Å². The first-order chi connectivity index (χ1) is 12.2. The second kappa shape index (κ2) is 8.38. The van der Waals surface area contributed by atoms with Crippen molar-refractivity contribution in [3.63, 3.8) is 0 Å². The largest absolute Gasteiger partial charge is 0.496 e. The van der Waals surface area contributed by atoms with E-state index < -0.39 is 29.4 Å². The van der Waals surface area contributed by atoms with Gasteiger partial charge in [0, 0.05) is 18.7 Å². The van der Waals surface area contributed by atoms with E-state index in [-0.39, 0.29) is 13.2 Å². The van der Waals surface area contributed by atoms with E-state index in [2.05, 4.69) is 0 Å². The number of methoxy groups -OCH3 is 1. The number of hydrogen-bond acceptors (Lipinski definition) is 5. The summed E-state index contributed by atoms with van der Waals surface area (Å²) >= 11 is 0. The van der Waals surface area contributed by atoms with Gasteiger partial charge in [-0.15, -0.1) is 0 Å². The monoisotopic (exact) mass is 367 g/mol. The lowest BCUT2D eigenvalue weighted by molar-refractivity contribution is -0.151. The third kappa shape index (κ3) is 5.61. The summed E-state index contributed by atoms with van der Waals surface area (Å²) < 4.78 is 29.2. The van der Waals surface area contributed by atoms with Gasteiger partial charge in [0.25, 0.3) is 0 Å². The van der Waals surface area contributed by atoms with Crippen LogP contribution >= 0.6 is 0 Å². The molecular formula is C19H26FNO5. The summed E-state index contributed by atoms with van der Waals surface area (Å²) in [5.74, 6) is -0.802. The Morgan fingerprint density at radius 1 is 1.31 bits per heavy atom. The number of esters is 1. The molecule has 1 saturated heterocycles. The van der Waals surface area contributed by atoms with Crippen molar-refractivity contribution in [1.82, 2.24) is 4.90 Å². The molecule has 26 heavy (non-hydrogen) atoms. The minimum atomic E-state index is -0.585. The van der Waals surface area contributed by atoms with Crippen LogP contribution in [0.5, 0.6) is 5.75 Å². The van der Waals surface area contributed by atoms with Crippen LogP contribution in [0.1, 0.15) is 39.2 Å². The van der Waals surface area contributed by atoms with Gasteiger partial charge in [0.15, 0.2) is 0 Å². The van der Waals surface area contributed by atoms with Crippen LogP contribution < -0.4 is 4.74 Å². The number of likely N-dealkylation sites (tertiary alicyclic amines) is 1. The van der Waals surface area contributed by atoms with Gasteiger partial charge >= 0.3 is 12.1 Å². The molecule has 0 bridgehead atoms. The Morgan fingerprint density at radius 3 is 2.69 bits per heavy atom. The Labute approximate surface area is 153 Å². The molecule has 2 rings (SSSR count). The van der Waals surface area contributed by atoms with Crippen molar-refractivity contribution in [3.8, 4) is 5.75 Å². The third-order valence-corrected chi connectivity index (χ3v) is 4.02. The van der Waals surface area contributed by atoms with E-state index in [1.165, 1.54) is 30.2 Å². The van der Waals surface area contributed by atoms with Crippen molar-refractivity contribution < 1.29 is 28.2 Å². The summed E-state index contributed by atoms with van der Waals surface area (Å²) in [6.45, 7) is 6.13. The van der Waals surface area contributed by atoms with Gasteiger partial charge < -0.3 is 19.1 Å². The Hall–Kier alpha value is -2.31. The zero-order valence-corrected chi connectivity index (χ0v) is 15.7. The first-order valence-electron chi connectivity index (χ1n) is 8.66. The van der Waals surface area contributed by atoms with Crippen LogP contribution in [0.2, 0.25) is 0 Å². The average Bonchev–Trinajstić information content (AvgIpc) is 2.58. The van der Waals surface area contributed by atoms with E-state index in [0.29, 0.717) is 30.7 Å². The Morgan fingerprint density at radius 2 is 2.04 bits per heavy atom. The SMILES string of the molecule is COc1ccc(F)cc1COC(=O)C1CCCN(C(=O)OC(C)(C)C)C1. The number of halogens is 1. The molecule has 1 aliphatic rings. The highest BCUT2D eigenvalue weighted by Crippen LogP contribution is 2.23. The number of nitrogens with zero attached hydrogens (tertiary/aromatic N) is 1. The number of ether oxygens (including phenoxy) is 3. The van der Waals surface area contributed by atoms with Gasteiger partial charge in [0.2, 0.25) is 0 Å². The van der Waals surface area contributed by atoms with Crippen molar-refractivity contribution in [1.29, 1.82) is 0 Å². The van der Waals surface area contributed by atoms with E-state index in [9.17, 15) is 14.0 Å². The van der Waals surface area contributed by atoms with E-state index in [1.807, 2.05) is 0 Å². The number of amides is 1. The van der Waals surface area contributed by atoms with Crippen molar-refractivity contribution in [2.45, 2.75) is 45.8 Å². The highest BCUT2D eigenvalue weighted by atomic mass is 19.1. The molecule has 1 amide bonds. The quantitative estimate of drug-likeness (QED) is 0.762. The molecule has 1 aromatic rings. The standard InChI is InChI=1S/C19H26FNO5/c1-19(2,3)26-18(23)21-9-5-6-13(11-21)17(22)25-12-14-10-15(20)7-8-16(14)24-4/h7-8,10,13H,5-6,9,11-12H2,1-4H3. The molecule has 7 heteroatoms. The molecule has 1 atom stereocenters. The number of rotatable bonds is 4. The normalized spacial score (nSPS) is 17.6. The minimum absolute atomic E-state index is 0.0807. The maximum atomic E-state index is 13.4. The van der Waals surface area contributed by atoms with Gasteiger partial charge in [0.05, 0.1) is 13.0 Å². The number of benzene rings is 1. The molecule has 0 N–H and O–H groups in total. The fourth-order valence-corrected chi connectivity index (χ4v) is 2.79. The molecule has 1 heterocycles. The first kappa shape index (κ1) is 20.0. The Bertz CT molecular complexity index is 656. The number of hydrogen-bond donors (Lipinski definition) is 0. The summed E-state index contributed by atoms with van der Waals surface area (Å²) in [4.78, 5) is 26.1. The molecule has 1 unspecified atom stereocenters. The summed E-state index contributed by atoms with van der Waals surface area (Å²) in [5, 5.41) is 0. The van der Waals surface area contributed by atoms with Crippen molar-refractivity contribution >= 4 is 12.1 Å². The zero-order chi connectivity index (χ0) is 19.3. The smallest absolute Gasteiger partial charge is 0.410 e.